The number of nitrogens with one attached hydrogen (secondary N) is 1. The smallest absolute Gasteiger partial charge is 0.384 e. The van der Waals surface area contributed by atoms with E-state index in [1.807, 2.05) is 0 Å². The molecule has 0 radical (unpaired) electrons. The molecule has 1 rings (SSSR count). The van der Waals surface area contributed by atoms with Gasteiger partial charge < -0.3 is 9.72 Å². The van der Waals surface area contributed by atoms with Gasteiger partial charge in [0.05, 0.1) is 12.7 Å². The summed E-state index contributed by atoms with van der Waals surface area (Å²) in [5, 5.41) is 0. The minimum absolute atomic E-state index is 0.211. The number of pyridine rings is 1. The highest BCUT2D eigenvalue weighted by Gasteiger charge is 1.96. The van der Waals surface area contributed by atoms with E-state index in [1.165, 1.54) is 19.4 Å². The summed E-state index contributed by atoms with van der Waals surface area (Å²) in [7, 11) is 1.23. The van der Waals surface area contributed by atoms with Crippen molar-refractivity contribution >= 4 is 5.97 Å². The van der Waals surface area contributed by atoms with E-state index in [1.54, 1.807) is 6.92 Å². The summed E-state index contributed by atoms with van der Waals surface area (Å²) in [4.78, 5) is 24.7. The molecule has 0 fully saturated rings. The van der Waals surface area contributed by atoms with E-state index in [4.69, 9.17) is 0 Å². The molecule has 0 bridgehead atoms. The Kier molecular flexibility index (Phi) is 3.08. The number of aromatic amines is 1. The number of esters is 1. The summed E-state index contributed by atoms with van der Waals surface area (Å²) in [5.41, 5.74) is 0.789. The van der Waals surface area contributed by atoms with Crippen LogP contribution in [0.4, 0.5) is 0 Å². The largest absolute Gasteiger partial charge is 0.459 e. The molecule has 0 aliphatic carbocycles. The molecular weight excluding hydrogens is 182 g/mol. The highest BCUT2D eigenvalue weighted by atomic mass is 16.5. The molecular formula is C10H9NO3. The Bertz CT molecular complexity index is 462. The van der Waals surface area contributed by atoms with Crippen LogP contribution in [0.2, 0.25) is 0 Å². The second kappa shape index (κ2) is 4.28. The summed E-state index contributed by atoms with van der Waals surface area (Å²) in [6.07, 6.45) is 1.47. The van der Waals surface area contributed by atoms with Crippen molar-refractivity contribution < 1.29 is 9.53 Å². The van der Waals surface area contributed by atoms with Crippen LogP contribution < -0.4 is 5.43 Å². The van der Waals surface area contributed by atoms with Crippen molar-refractivity contribution in [2.75, 3.05) is 7.11 Å². The fourth-order valence-corrected chi connectivity index (χ4v) is 0.840. The Balaban J connectivity index is 3.02. The number of ether oxygens (including phenoxy) is 1. The van der Waals surface area contributed by atoms with Crippen molar-refractivity contribution in [3.05, 3.63) is 33.7 Å². The number of methoxy groups -OCH3 is 1. The van der Waals surface area contributed by atoms with Crippen molar-refractivity contribution in [2.24, 2.45) is 0 Å². The first-order chi connectivity index (χ1) is 6.63. The van der Waals surface area contributed by atoms with Gasteiger partial charge in [-0.25, -0.2) is 4.79 Å². The molecule has 72 valence electrons. The van der Waals surface area contributed by atoms with Crippen LogP contribution in [-0.4, -0.2) is 18.1 Å². The van der Waals surface area contributed by atoms with E-state index in [2.05, 4.69) is 21.6 Å². The predicted octanol–water partition coefficient (Wildman–Crippen LogP) is 0.208. The molecule has 0 unspecified atom stereocenters. The molecule has 0 saturated heterocycles. The lowest BCUT2D eigenvalue weighted by atomic mass is 10.2. The van der Waals surface area contributed by atoms with Crippen molar-refractivity contribution in [1.82, 2.24) is 4.98 Å². The van der Waals surface area contributed by atoms with Gasteiger partial charge in [-0.15, -0.1) is 0 Å². The third kappa shape index (κ3) is 2.49. The second-order valence-electron chi connectivity index (χ2n) is 2.64. The van der Waals surface area contributed by atoms with Crippen LogP contribution in [0.3, 0.4) is 0 Å². The second-order valence-corrected chi connectivity index (χ2v) is 2.64. The van der Waals surface area contributed by atoms with E-state index >= 15 is 0 Å². The van der Waals surface area contributed by atoms with Gasteiger partial charge in [0.15, 0.2) is 5.43 Å². The summed E-state index contributed by atoms with van der Waals surface area (Å²) < 4.78 is 4.31. The Morgan fingerprint density at radius 3 is 2.86 bits per heavy atom. The van der Waals surface area contributed by atoms with E-state index in [9.17, 15) is 9.59 Å². The van der Waals surface area contributed by atoms with E-state index < -0.39 is 5.97 Å². The zero-order valence-electron chi connectivity index (χ0n) is 7.88. The molecule has 4 heteroatoms. The maximum absolute atomic E-state index is 11.3. The third-order valence-corrected chi connectivity index (χ3v) is 1.54. The van der Waals surface area contributed by atoms with Crippen LogP contribution >= 0.6 is 0 Å². The first kappa shape index (κ1) is 10.1. The number of aryl methyl sites for hydroxylation is 1. The van der Waals surface area contributed by atoms with Gasteiger partial charge in [-0.3, -0.25) is 4.79 Å². The van der Waals surface area contributed by atoms with Crippen LogP contribution in [0, 0.1) is 18.8 Å². The van der Waals surface area contributed by atoms with Crippen LogP contribution in [0.15, 0.2) is 17.1 Å². The lowest BCUT2D eigenvalue weighted by Gasteiger charge is -1.91. The zero-order chi connectivity index (χ0) is 10.6. The number of carbonyl (C=O) groups excluding carboxylic acids is 1. The first-order valence-electron chi connectivity index (χ1n) is 3.93. The molecule has 1 heterocycles. The highest BCUT2D eigenvalue weighted by molar-refractivity contribution is 5.88. The van der Waals surface area contributed by atoms with Gasteiger partial charge in [0.2, 0.25) is 0 Å². The maximum atomic E-state index is 11.3. The van der Waals surface area contributed by atoms with E-state index in [0.717, 1.165) is 5.69 Å². The number of aromatic nitrogens is 1. The minimum Gasteiger partial charge on any atom is -0.459 e. The summed E-state index contributed by atoms with van der Waals surface area (Å²) in [6.45, 7) is 1.76. The molecule has 0 spiro atoms. The average molecular weight is 191 g/mol. The maximum Gasteiger partial charge on any atom is 0.384 e. The van der Waals surface area contributed by atoms with Crippen LogP contribution in [-0.2, 0) is 9.53 Å². The van der Waals surface area contributed by atoms with Crippen LogP contribution in [0.5, 0.6) is 0 Å². The third-order valence-electron chi connectivity index (χ3n) is 1.54. The Hall–Kier alpha value is -2.02. The zero-order valence-corrected chi connectivity index (χ0v) is 7.88. The predicted molar refractivity (Wildman–Crippen MR) is 50.7 cm³/mol. The fraction of sp³-hybridized carbons (Fsp3) is 0.200. The molecule has 0 aliphatic rings. The van der Waals surface area contributed by atoms with E-state index in [0.29, 0.717) is 0 Å². The molecule has 0 aromatic carbocycles. The number of H-pyrrole nitrogens is 1. The van der Waals surface area contributed by atoms with Crippen molar-refractivity contribution in [1.29, 1.82) is 0 Å². The van der Waals surface area contributed by atoms with Gasteiger partial charge in [-0.2, -0.15) is 0 Å². The monoisotopic (exact) mass is 191 g/mol. The Labute approximate surface area is 80.9 Å². The summed E-state index contributed by atoms with van der Waals surface area (Å²) in [5.74, 6) is 3.94. The standard InChI is InChI=1S/C10H9NO3/c1-7-5-9(12)8(6-11-7)3-4-10(13)14-2/h5-6H,1-2H3,(H,11,12). The van der Waals surface area contributed by atoms with Crippen LogP contribution in [0.25, 0.3) is 0 Å². The normalized spacial score (nSPS) is 8.71. The van der Waals surface area contributed by atoms with Gasteiger partial charge >= 0.3 is 5.97 Å². The Morgan fingerprint density at radius 2 is 2.29 bits per heavy atom. The molecule has 0 amide bonds. The lowest BCUT2D eigenvalue weighted by molar-refractivity contribution is -0.133. The van der Waals surface area contributed by atoms with Crippen molar-refractivity contribution in [2.45, 2.75) is 6.92 Å². The summed E-state index contributed by atoms with van der Waals surface area (Å²) >= 11 is 0. The van der Waals surface area contributed by atoms with Gasteiger partial charge in [-0.05, 0) is 12.8 Å². The molecule has 0 atom stereocenters. The topological polar surface area (TPSA) is 59.2 Å². The molecule has 14 heavy (non-hydrogen) atoms. The number of carbonyl (C=O) groups is 1. The Morgan fingerprint density at radius 1 is 1.57 bits per heavy atom. The minimum atomic E-state index is -0.662. The fourth-order valence-electron chi connectivity index (χ4n) is 0.840. The highest BCUT2D eigenvalue weighted by Crippen LogP contribution is 1.89. The van der Waals surface area contributed by atoms with Gasteiger partial charge in [0.1, 0.15) is 0 Å². The number of rotatable bonds is 0. The molecule has 0 aliphatic heterocycles. The van der Waals surface area contributed by atoms with Crippen molar-refractivity contribution in [3.63, 3.8) is 0 Å². The molecule has 1 N–H and O–H groups in total. The van der Waals surface area contributed by atoms with E-state index in [-0.39, 0.29) is 11.0 Å². The number of hydrogen-bond donors (Lipinski definition) is 1. The molecule has 1 aromatic heterocycles. The van der Waals surface area contributed by atoms with Gasteiger partial charge in [-0.1, -0.05) is 0 Å². The average Bonchev–Trinajstić information content (AvgIpc) is 2.16. The van der Waals surface area contributed by atoms with Gasteiger partial charge in [0.25, 0.3) is 0 Å². The van der Waals surface area contributed by atoms with Crippen molar-refractivity contribution in [3.8, 4) is 11.8 Å². The lowest BCUT2D eigenvalue weighted by Crippen LogP contribution is -2.06. The SMILES string of the molecule is COC(=O)C#Cc1c[nH]c(C)cc1=O. The molecule has 4 nitrogen and oxygen atoms in total. The molecule has 0 saturated carbocycles. The quantitative estimate of drug-likeness (QED) is 0.471. The van der Waals surface area contributed by atoms with Crippen LogP contribution in [0.1, 0.15) is 11.3 Å². The number of hydrogen-bond acceptors (Lipinski definition) is 3. The first-order valence-corrected chi connectivity index (χ1v) is 3.93. The van der Waals surface area contributed by atoms with Gasteiger partial charge in [0, 0.05) is 23.9 Å². The summed E-state index contributed by atoms with van der Waals surface area (Å²) in [6, 6.07) is 1.42. The molecule has 1 aromatic rings.